The molecule has 0 fully saturated rings. The maximum Gasteiger partial charge on any atom is 0.126 e. The lowest BCUT2D eigenvalue weighted by Gasteiger charge is -2.08. The highest BCUT2D eigenvalue weighted by Gasteiger charge is 1.96. The van der Waals surface area contributed by atoms with Crippen LogP contribution in [0.5, 0.6) is 5.75 Å². The molecule has 0 aliphatic heterocycles. The molecule has 1 N–H and O–H groups in total. The zero-order valence-electron chi connectivity index (χ0n) is 10.4. The van der Waals surface area contributed by atoms with Gasteiger partial charge in [0.15, 0.2) is 0 Å². The Kier molecular flexibility index (Phi) is 5.65. The second-order valence-electron chi connectivity index (χ2n) is 3.86. The van der Waals surface area contributed by atoms with Crippen molar-refractivity contribution >= 4 is 6.08 Å². The van der Waals surface area contributed by atoms with Crippen LogP contribution in [-0.4, -0.2) is 19.7 Å². The van der Waals surface area contributed by atoms with Gasteiger partial charge in [-0.3, -0.25) is 0 Å². The maximum atomic E-state index is 5.27. The molecule has 0 saturated heterocycles. The molecule has 16 heavy (non-hydrogen) atoms. The Labute approximate surface area is 98.3 Å². The standard InChI is InChI=1S/C14H21NO/c1-4-12(2)15-11-7-9-13-8-5-6-10-14(13)16-3/h5-10,12,15H,4,11H2,1-3H3/b9-7+/t12-/m0/s1. The summed E-state index contributed by atoms with van der Waals surface area (Å²) < 4.78 is 5.27. The molecule has 1 rings (SSSR count). The molecule has 0 aliphatic rings. The Morgan fingerprint density at radius 3 is 2.81 bits per heavy atom. The average Bonchev–Trinajstić information content (AvgIpc) is 2.34. The molecule has 0 unspecified atom stereocenters. The Balaban J connectivity index is 2.49. The Hall–Kier alpha value is -1.28. The minimum Gasteiger partial charge on any atom is -0.496 e. The van der Waals surface area contributed by atoms with E-state index < -0.39 is 0 Å². The van der Waals surface area contributed by atoms with Crippen LogP contribution in [0.15, 0.2) is 30.3 Å². The van der Waals surface area contributed by atoms with Crippen LogP contribution in [0.1, 0.15) is 25.8 Å². The largest absolute Gasteiger partial charge is 0.496 e. The van der Waals surface area contributed by atoms with Gasteiger partial charge in [0.2, 0.25) is 0 Å². The molecule has 0 radical (unpaired) electrons. The number of para-hydroxylation sites is 1. The van der Waals surface area contributed by atoms with E-state index in [2.05, 4.69) is 37.4 Å². The first-order valence-corrected chi connectivity index (χ1v) is 5.80. The van der Waals surface area contributed by atoms with Crippen LogP contribution >= 0.6 is 0 Å². The number of hydrogen-bond donors (Lipinski definition) is 1. The average molecular weight is 219 g/mol. The number of rotatable bonds is 6. The van der Waals surface area contributed by atoms with E-state index in [9.17, 15) is 0 Å². The third-order valence-electron chi connectivity index (χ3n) is 2.63. The lowest BCUT2D eigenvalue weighted by Crippen LogP contribution is -2.24. The van der Waals surface area contributed by atoms with Gasteiger partial charge in [0.05, 0.1) is 7.11 Å². The van der Waals surface area contributed by atoms with Gasteiger partial charge < -0.3 is 10.1 Å². The van der Waals surface area contributed by atoms with E-state index in [1.165, 1.54) is 0 Å². The summed E-state index contributed by atoms with van der Waals surface area (Å²) in [6, 6.07) is 8.60. The predicted molar refractivity (Wildman–Crippen MR) is 69.8 cm³/mol. The Morgan fingerprint density at radius 2 is 2.12 bits per heavy atom. The van der Waals surface area contributed by atoms with E-state index in [4.69, 9.17) is 4.74 Å². The Bertz CT molecular complexity index is 333. The maximum absolute atomic E-state index is 5.27. The molecule has 0 aromatic heterocycles. The quantitative estimate of drug-likeness (QED) is 0.793. The lowest BCUT2D eigenvalue weighted by atomic mass is 10.2. The lowest BCUT2D eigenvalue weighted by molar-refractivity contribution is 0.414. The third kappa shape index (κ3) is 4.07. The summed E-state index contributed by atoms with van der Waals surface area (Å²) >= 11 is 0. The van der Waals surface area contributed by atoms with Crippen molar-refractivity contribution in [3.63, 3.8) is 0 Å². The fourth-order valence-corrected chi connectivity index (χ4v) is 1.40. The molecule has 1 aromatic rings. The van der Waals surface area contributed by atoms with E-state index in [-0.39, 0.29) is 0 Å². The molecule has 88 valence electrons. The first kappa shape index (κ1) is 12.8. The zero-order valence-corrected chi connectivity index (χ0v) is 10.4. The number of benzene rings is 1. The number of ether oxygens (including phenoxy) is 1. The van der Waals surface area contributed by atoms with E-state index in [1.807, 2.05) is 18.2 Å². The summed E-state index contributed by atoms with van der Waals surface area (Å²) in [5.74, 6) is 0.919. The van der Waals surface area contributed by atoms with Gasteiger partial charge in [-0.1, -0.05) is 37.3 Å². The highest BCUT2D eigenvalue weighted by atomic mass is 16.5. The van der Waals surface area contributed by atoms with E-state index in [1.54, 1.807) is 7.11 Å². The van der Waals surface area contributed by atoms with E-state index >= 15 is 0 Å². The summed E-state index contributed by atoms with van der Waals surface area (Å²) in [5.41, 5.74) is 1.12. The van der Waals surface area contributed by atoms with Crippen LogP contribution < -0.4 is 10.1 Å². The second kappa shape index (κ2) is 7.07. The minimum absolute atomic E-state index is 0.572. The molecule has 0 spiro atoms. The summed E-state index contributed by atoms with van der Waals surface area (Å²) in [4.78, 5) is 0. The molecule has 2 nitrogen and oxygen atoms in total. The normalized spacial score (nSPS) is 12.9. The van der Waals surface area contributed by atoms with Gasteiger partial charge in [-0.25, -0.2) is 0 Å². The molecule has 0 heterocycles. The molecule has 1 atom stereocenters. The molecule has 0 amide bonds. The molecule has 0 saturated carbocycles. The van der Waals surface area contributed by atoms with E-state index in [0.29, 0.717) is 6.04 Å². The van der Waals surface area contributed by atoms with Crippen molar-refractivity contribution in [1.29, 1.82) is 0 Å². The van der Waals surface area contributed by atoms with Gasteiger partial charge in [-0.15, -0.1) is 0 Å². The predicted octanol–water partition coefficient (Wildman–Crippen LogP) is 3.10. The number of methoxy groups -OCH3 is 1. The van der Waals surface area contributed by atoms with E-state index in [0.717, 1.165) is 24.3 Å². The molecule has 1 aromatic carbocycles. The summed E-state index contributed by atoms with van der Waals surface area (Å²) in [7, 11) is 1.70. The van der Waals surface area contributed by atoms with Gasteiger partial charge >= 0.3 is 0 Å². The summed E-state index contributed by atoms with van der Waals surface area (Å²) in [5, 5.41) is 3.41. The fraction of sp³-hybridized carbons (Fsp3) is 0.429. The van der Waals surface area contributed by atoms with Crippen molar-refractivity contribution in [2.24, 2.45) is 0 Å². The van der Waals surface area contributed by atoms with Crippen molar-refractivity contribution in [3.05, 3.63) is 35.9 Å². The van der Waals surface area contributed by atoms with Crippen LogP contribution in [0.3, 0.4) is 0 Å². The second-order valence-corrected chi connectivity index (χ2v) is 3.86. The van der Waals surface area contributed by atoms with Crippen LogP contribution in [0, 0.1) is 0 Å². The summed E-state index contributed by atoms with van der Waals surface area (Å²) in [6.45, 7) is 5.27. The minimum atomic E-state index is 0.572. The number of nitrogens with one attached hydrogen (secondary N) is 1. The van der Waals surface area contributed by atoms with Crippen molar-refractivity contribution < 1.29 is 4.74 Å². The smallest absolute Gasteiger partial charge is 0.126 e. The van der Waals surface area contributed by atoms with Crippen molar-refractivity contribution in [2.45, 2.75) is 26.3 Å². The highest BCUT2D eigenvalue weighted by Crippen LogP contribution is 2.18. The van der Waals surface area contributed by atoms with Crippen molar-refractivity contribution in [3.8, 4) is 5.75 Å². The van der Waals surface area contributed by atoms with Crippen LogP contribution in [0.2, 0.25) is 0 Å². The molecule has 0 bridgehead atoms. The summed E-state index contributed by atoms with van der Waals surface area (Å²) in [6.07, 6.45) is 5.38. The Morgan fingerprint density at radius 1 is 1.38 bits per heavy atom. The first-order valence-electron chi connectivity index (χ1n) is 5.80. The van der Waals surface area contributed by atoms with Gasteiger partial charge in [-0.2, -0.15) is 0 Å². The topological polar surface area (TPSA) is 21.3 Å². The van der Waals surface area contributed by atoms with Crippen LogP contribution in [-0.2, 0) is 0 Å². The fourth-order valence-electron chi connectivity index (χ4n) is 1.40. The van der Waals surface area contributed by atoms with Crippen LogP contribution in [0.25, 0.3) is 6.08 Å². The molecule has 0 aliphatic carbocycles. The third-order valence-corrected chi connectivity index (χ3v) is 2.63. The van der Waals surface area contributed by atoms with Crippen molar-refractivity contribution in [1.82, 2.24) is 5.32 Å². The van der Waals surface area contributed by atoms with Crippen molar-refractivity contribution in [2.75, 3.05) is 13.7 Å². The van der Waals surface area contributed by atoms with Gasteiger partial charge in [0.1, 0.15) is 5.75 Å². The molecule has 2 heteroatoms. The van der Waals surface area contributed by atoms with Gasteiger partial charge in [-0.05, 0) is 19.4 Å². The van der Waals surface area contributed by atoms with Crippen LogP contribution in [0.4, 0.5) is 0 Å². The SMILES string of the molecule is CC[C@H](C)NC/C=C/c1ccccc1OC. The van der Waals surface area contributed by atoms with Gasteiger partial charge in [0, 0.05) is 18.2 Å². The highest BCUT2D eigenvalue weighted by molar-refractivity contribution is 5.57. The van der Waals surface area contributed by atoms with Gasteiger partial charge in [0.25, 0.3) is 0 Å². The number of hydrogen-bond acceptors (Lipinski definition) is 2. The monoisotopic (exact) mass is 219 g/mol. The zero-order chi connectivity index (χ0) is 11.8. The molecular formula is C14H21NO. The molecular weight excluding hydrogens is 198 g/mol. The first-order chi connectivity index (χ1) is 7.77.